The molecule has 0 aromatic carbocycles. The molecule has 1 aliphatic heterocycles. The minimum Gasteiger partial charge on any atom is -0.361 e. The Morgan fingerprint density at radius 2 is 2.47 bits per heavy atom. The normalized spacial score (nSPS) is 20.6. The quantitative estimate of drug-likeness (QED) is 0.846. The van der Waals surface area contributed by atoms with Crippen LogP contribution in [0.25, 0.3) is 0 Å². The molecule has 2 N–H and O–H groups in total. The van der Waals surface area contributed by atoms with Crippen LogP contribution >= 0.6 is 0 Å². The molecule has 17 heavy (non-hydrogen) atoms. The van der Waals surface area contributed by atoms with Gasteiger partial charge in [-0.3, -0.25) is 4.79 Å². The van der Waals surface area contributed by atoms with Gasteiger partial charge in [0.1, 0.15) is 5.76 Å². The molecule has 5 heteroatoms. The summed E-state index contributed by atoms with van der Waals surface area (Å²) < 4.78 is 4.96. The minimum atomic E-state index is 0.105. The molecule has 1 fully saturated rings. The van der Waals surface area contributed by atoms with Crippen molar-refractivity contribution in [2.45, 2.75) is 38.6 Å². The molecule has 5 nitrogen and oxygen atoms in total. The van der Waals surface area contributed by atoms with Crippen LogP contribution < -0.4 is 5.73 Å². The second-order valence-corrected chi connectivity index (χ2v) is 4.58. The van der Waals surface area contributed by atoms with E-state index >= 15 is 0 Å². The molecule has 94 valence electrons. The van der Waals surface area contributed by atoms with E-state index in [1.165, 1.54) is 0 Å². The van der Waals surface area contributed by atoms with Gasteiger partial charge in [-0.25, -0.2) is 0 Å². The van der Waals surface area contributed by atoms with Crippen LogP contribution in [0.15, 0.2) is 10.6 Å². The summed E-state index contributed by atoms with van der Waals surface area (Å²) in [5.41, 5.74) is 6.40. The second-order valence-electron chi connectivity index (χ2n) is 4.58. The summed E-state index contributed by atoms with van der Waals surface area (Å²) in [6, 6.07) is 2.00. The van der Waals surface area contributed by atoms with E-state index in [0.29, 0.717) is 18.7 Å². The summed E-state index contributed by atoms with van der Waals surface area (Å²) in [6.45, 7) is 3.19. The van der Waals surface area contributed by atoms with E-state index in [9.17, 15) is 4.79 Å². The number of nitrogens with zero attached hydrogens (tertiary/aromatic N) is 2. The molecule has 1 atom stereocenters. The van der Waals surface area contributed by atoms with Crippen molar-refractivity contribution < 1.29 is 9.32 Å². The highest BCUT2D eigenvalue weighted by Crippen LogP contribution is 2.17. The van der Waals surface area contributed by atoms with E-state index in [0.717, 1.165) is 31.6 Å². The molecule has 0 saturated carbocycles. The predicted octanol–water partition coefficient (Wildman–Crippen LogP) is 0.865. The van der Waals surface area contributed by atoms with Crippen LogP contribution in [-0.2, 0) is 11.2 Å². The number of rotatable bonds is 3. The van der Waals surface area contributed by atoms with Crippen LogP contribution in [0.2, 0.25) is 0 Å². The van der Waals surface area contributed by atoms with Crippen molar-refractivity contribution in [2.75, 3.05) is 13.1 Å². The Hall–Kier alpha value is -1.36. The van der Waals surface area contributed by atoms with Crippen molar-refractivity contribution in [3.8, 4) is 0 Å². The van der Waals surface area contributed by atoms with E-state index < -0.39 is 0 Å². The Kier molecular flexibility index (Phi) is 3.78. The third-order valence-corrected chi connectivity index (χ3v) is 3.23. The highest BCUT2D eigenvalue weighted by molar-refractivity contribution is 5.78. The lowest BCUT2D eigenvalue weighted by molar-refractivity contribution is -0.134. The van der Waals surface area contributed by atoms with Gasteiger partial charge in [-0.2, -0.15) is 0 Å². The number of nitrogens with two attached hydrogens (primary N) is 1. The van der Waals surface area contributed by atoms with E-state index in [-0.39, 0.29) is 11.9 Å². The molecule has 1 aliphatic rings. The fraction of sp³-hybridized carbons (Fsp3) is 0.667. The van der Waals surface area contributed by atoms with Gasteiger partial charge in [0.25, 0.3) is 0 Å². The van der Waals surface area contributed by atoms with Crippen LogP contribution in [0.3, 0.4) is 0 Å². The predicted molar refractivity (Wildman–Crippen MR) is 63.4 cm³/mol. The number of amides is 1. The number of hydrogen-bond acceptors (Lipinski definition) is 4. The summed E-state index contributed by atoms with van der Waals surface area (Å²) in [7, 11) is 0. The SMILES string of the molecule is Cc1cc(CC(=O)N2CCCCC2CN)no1. The van der Waals surface area contributed by atoms with E-state index in [1.807, 2.05) is 11.8 Å². The number of carbonyl (C=O) groups excluding carboxylic acids is 1. The van der Waals surface area contributed by atoms with E-state index in [2.05, 4.69) is 5.16 Å². The first-order valence-corrected chi connectivity index (χ1v) is 6.12. The van der Waals surface area contributed by atoms with Gasteiger partial charge in [-0.05, 0) is 26.2 Å². The van der Waals surface area contributed by atoms with Crippen molar-refractivity contribution in [3.63, 3.8) is 0 Å². The van der Waals surface area contributed by atoms with Gasteiger partial charge in [-0.15, -0.1) is 0 Å². The van der Waals surface area contributed by atoms with Crippen molar-refractivity contribution in [2.24, 2.45) is 5.73 Å². The van der Waals surface area contributed by atoms with Gasteiger partial charge in [-0.1, -0.05) is 5.16 Å². The first-order valence-electron chi connectivity index (χ1n) is 6.12. The van der Waals surface area contributed by atoms with Gasteiger partial charge in [0, 0.05) is 25.2 Å². The maximum Gasteiger partial charge on any atom is 0.229 e. The topological polar surface area (TPSA) is 72.4 Å². The summed E-state index contributed by atoms with van der Waals surface area (Å²) in [5, 5.41) is 3.85. The highest BCUT2D eigenvalue weighted by Gasteiger charge is 2.25. The zero-order chi connectivity index (χ0) is 12.3. The molecular formula is C12H19N3O2. The van der Waals surface area contributed by atoms with Crippen LogP contribution in [-0.4, -0.2) is 35.1 Å². The van der Waals surface area contributed by atoms with Crippen molar-refractivity contribution in [1.82, 2.24) is 10.1 Å². The van der Waals surface area contributed by atoms with Crippen molar-refractivity contribution in [3.05, 3.63) is 17.5 Å². The molecule has 0 aliphatic carbocycles. The lowest BCUT2D eigenvalue weighted by atomic mass is 10.0. The number of hydrogen-bond donors (Lipinski definition) is 1. The molecule has 2 rings (SSSR count). The fourth-order valence-corrected chi connectivity index (χ4v) is 2.33. The fourth-order valence-electron chi connectivity index (χ4n) is 2.33. The molecule has 0 spiro atoms. The number of piperidine rings is 1. The summed E-state index contributed by atoms with van der Waals surface area (Å²) in [4.78, 5) is 14.0. The molecule has 0 bridgehead atoms. The molecule has 1 saturated heterocycles. The van der Waals surface area contributed by atoms with Crippen LogP contribution in [0.5, 0.6) is 0 Å². The standard InChI is InChI=1S/C12H19N3O2/c1-9-6-10(14-17-9)7-12(16)15-5-3-2-4-11(15)8-13/h6,11H,2-5,7-8,13H2,1H3. The smallest absolute Gasteiger partial charge is 0.229 e. The van der Waals surface area contributed by atoms with Gasteiger partial charge in [0.15, 0.2) is 0 Å². The summed E-state index contributed by atoms with van der Waals surface area (Å²) in [6.07, 6.45) is 3.56. The Morgan fingerprint density at radius 3 is 3.12 bits per heavy atom. The van der Waals surface area contributed by atoms with Crippen LogP contribution in [0.4, 0.5) is 0 Å². The highest BCUT2D eigenvalue weighted by atomic mass is 16.5. The van der Waals surface area contributed by atoms with Crippen molar-refractivity contribution >= 4 is 5.91 Å². The van der Waals surface area contributed by atoms with Gasteiger partial charge in [0.05, 0.1) is 12.1 Å². The second kappa shape index (κ2) is 5.31. The first kappa shape index (κ1) is 12.1. The molecular weight excluding hydrogens is 218 g/mol. The maximum absolute atomic E-state index is 12.1. The van der Waals surface area contributed by atoms with E-state index in [1.54, 1.807) is 6.07 Å². The van der Waals surface area contributed by atoms with Crippen LogP contribution in [0.1, 0.15) is 30.7 Å². The molecule has 1 aromatic rings. The molecule has 2 heterocycles. The summed E-state index contributed by atoms with van der Waals surface area (Å²) >= 11 is 0. The Balaban J connectivity index is 1.98. The Labute approximate surface area is 101 Å². The van der Waals surface area contributed by atoms with Gasteiger partial charge in [0.2, 0.25) is 5.91 Å². The van der Waals surface area contributed by atoms with Crippen molar-refractivity contribution in [1.29, 1.82) is 0 Å². The lowest BCUT2D eigenvalue weighted by Crippen LogP contribution is -2.48. The molecule has 1 unspecified atom stereocenters. The Bertz CT molecular complexity index is 389. The third kappa shape index (κ3) is 2.85. The number of likely N-dealkylation sites (tertiary alicyclic amines) is 1. The van der Waals surface area contributed by atoms with Crippen LogP contribution in [0, 0.1) is 6.92 Å². The average molecular weight is 237 g/mol. The molecule has 1 amide bonds. The number of aromatic nitrogens is 1. The monoisotopic (exact) mass is 237 g/mol. The molecule has 1 aromatic heterocycles. The number of aryl methyl sites for hydroxylation is 1. The lowest BCUT2D eigenvalue weighted by Gasteiger charge is -2.34. The Morgan fingerprint density at radius 1 is 1.65 bits per heavy atom. The van der Waals surface area contributed by atoms with Gasteiger partial charge >= 0.3 is 0 Å². The van der Waals surface area contributed by atoms with E-state index in [4.69, 9.17) is 10.3 Å². The first-order chi connectivity index (χ1) is 8.20. The zero-order valence-corrected chi connectivity index (χ0v) is 10.2. The minimum absolute atomic E-state index is 0.105. The third-order valence-electron chi connectivity index (χ3n) is 3.23. The van der Waals surface area contributed by atoms with Gasteiger partial charge < -0.3 is 15.2 Å². The maximum atomic E-state index is 12.1. The zero-order valence-electron chi connectivity index (χ0n) is 10.2. The summed E-state index contributed by atoms with van der Waals surface area (Å²) in [5.74, 6) is 0.843. The largest absolute Gasteiger partial charge is 0.361 e. The number of carbonyl (C=O) groups is 1. The average Bonchev–Trinajstić information content (AvgIpc) is 2.74. The molecule has 0 radical (unpaired) electrons.